The van der Waals surface area contributed by atoms with Crippen LogP contribution in [0.4, 0.5) is 0 Å². The molecule has 1 fully saturated rings. The summed E-state index contributed by atoms with van der Waals surface area (Å²) in [6.07, 6.45) is 2.74. The van der Waals surface area contributed by atoms with E-state index in [1.807, 2.05) is 4.90 Å². The minimum atomic E-state index is 0.307. The number of rotatable bonds is 4. The number of methoxy groups -OCH3 is 1. The molecule has 0 spiro atoms. The number of carbonyl (C=O) groups excluding carboxylic acids is 1. The van der Waals surface area contributed by atoms with E-state index in [2.05, 4.69) is 0 Å². The fourth-order valence-corrected chi connectivity index (χ4v) is 1.34. The Morgan fingerprint density at radius 3 is 3.00 bits per heavy atom. The molecule has 1 heterocycles. The van der Waals surface area contributed by atoms with Crippen molar-refractivity contribution in [3.05, 3.63) is 0 Å². The van der Waals surface area contributed by atoms with Gasteiger partial charge in [-0.1, -0.05) is 0 Å². The molecule has 0 aliphatic carbocycles. The summed E-state index contributed by atoms with van der Waals surface area (Å²) in [5.41, 5.74) is 0. The standard InChI is InChI=1S/C8H15NO2/c1-11-7-3-6-9-5-2-4-8(9)10/h2-7H2,1H3. The van der Waals surface area contributed by atoms with Crippen molar-refractivity contribution in [2.24, 2.45) is 0 Å². The molecule has 0 atom stereocenters. The van der Waals surface area contributed by atoms with Gasteiger partial charge in [-0.05, 0) is 12.8 Å². The van der Waals surface area contributed by atoms with Crippen LogP contribution in [0, 0.1) is 0 Å². The summed E-state index contributed by atoms with van der Waals surface area (Å²) < 4.78 is 4.90. The van der Waals surface area contributed by atoms with Crippen molar-refractivity contribution in [3.63, 3.8) is 0 Å². The fourth-order valence-electron chi connectivity index (χ4n) is 1.34. The molecular weight excluding hydrogens is 142 g/mol. The number of hydrogen-bond donors (Lipinski definition) is 0. The zero-order valence-electron chi connectivity index (χ0n) is 7.01. The summed E-state index contributed by atoms with van der Waals surface area (Å²) in [6, 6.07) is 0. The Kier molecular flexibility index (Phi) is 3.36. The van der Waals surface area contributed by atoms with Gasteiger partial charge in [-0.25, -0.2) is 0 Å². The van der Waals surface area contributed by atoms with Gasteiger partial charge in [0.1, 0.15) is 0 Å². The highest BCUT2D eigenvalue weighted by atomic mass is 16.5. The minimum absolute atomic E-state index is 0.307. The summed E-state index contributed by atoms with van der Waals surface area (Å²) in [4.78, 5) is 13.0. The molecular formula is C8H15NO2. The monoisotopic (exact) mass is 157 g/mol. The molecule has 0 N–H and O–H groups in total. The van der Waals surface area contributed by atoms with Gasteiger partial charge in [0.2, 0.25) is 5.91 Å². The van der Waals surface area contributed by atoms with Gasteiger partial charge in [0.05, 0.1) is 0 Å². The van der Waals surface area contributed by atoms with Crippen LogP contribution < -0.4 is 0 Å². The number of nitrogens with zero attached hydrogens (tertiary/aromatic N) is 1. The zero-order chi connectivity index (χ0) is 8.10. The molecule has 1 aliphatic heterocycles. The van der Waals surface area contributed by atoms with Crippen molar-refractivity contribution >= 4 is 5.91 Å². The van der Waals surface area contributed by atoms with Gasteiger partial charge in [0, 0.05) is 33.2 Å². The number of amides is 1. The Balaban J connectivity index is 2.10. The lowest BCUT2D eigenvalue weighted by Crippen LogP contribution is -2.26. The molecule has 0 aromatic carbocycles. The van der Waals surface area contributed by atoms with E-state index < -0.39 is 0 Å². The molecule has 3 nitrogen and oxygen atoms in total. The maximum absolute atomic E-state index is 11.1. The third kappa shape index (κ3) is 2.50. The van der Waals surface area contributed by atoms with Gasteiger partial charge in [0.15, 0.2) is 0 Å². The maximum Gasteiger partial charge on any atom is 0.222 e. The normalized spacial score (nSPS) is 17.9. The molecule has 0 unspecified atom stereocenters. The van der Waals surface area contributed by atoms with Crippen molar-refractivity contribution in [1.29, 1.82) is 0 Å². The predicted molar refractivity (Wildman–Crippen MR) is 42.3 cm³/mol. The van der Waals surface area contributed by atoms with Gasteiger partial charge in [-0.2, -0.15) is 0 Å². The lowest BCUT2D eigenvalue weighted by Gasteiger charge is -2.14. The average Bonchev–Trinajstić information content (AvgIpc) is 2.37. The molecule has 1 rings (SSSR count). The molecule has 1 saturated heterocycles. The van der Waals surface area contributed by atoms with Crippen LogP contribution in [0.3, 0.4) is 0 Å². The molecule has 0 aromatic rings. The van der Waals surface area contributed by atoms with Gasteiger partial charge in [-0.3, -0.25) is 4.79 Å². The highest BCUT2D eigenvalue weighted by Crippen LogP contribution is 2.09. The Morgan fingerprint density at radius 2 is 2.45 bits per heavy atom. The van der Waals surface area contributed by atoms with Gasteiger partial charge >= 0.3 is 0 Å². The van der Waals surface area contributed by atoms with Crippen LogP contribution >= 0.6 is 0 Å². The van der Waals surface area contributed by atoms with Crippen LogP contribution in [0.15, 0.2) is 0 Å². The van der Waals surface area contributed by atoms with Crippen LogP contribution in [-0.4, -0.2) is 37.6 Å². The van der Waals surface area contributed by atoms with Crippen molar-refractivity contribution < 1.29 is 9.53 Å². The largest absolute Gasteiger partial charge is 0.385 e. The smallest absolute Gasteiger partial charge is 0.222 e. The third-order valence-electron chi connectivity index (χ3n) is 1.95. The molecule has 0 bridgehead atoms. The molecule has 0 saturated carbocycles. The SMILES string of the molecule is COCCCN1CCCC1=O. The molecule has 1 aliphatic rings. The number of ether oxygens (including phenoxy) is 1. The first-order chi connectivity index (χ1) is 5.34. The highest BCUT2D eigenvalue weighted by molar-refractivity contribution is 5.77. The quantitative estimate of drug-likeness (QED) is 0.561. The van der Waals surface area contributed by atoms with E-state index in [0.717, 1.165) is 39.0 Å². The second kappa shape index (κ2) is 4.34. The first-order valence-corrected chi connectivity index (χ1v) is 4.11. The van der Waals surface area contributed by atoms with E-state index in [1.165, 1.54) is 0 Å². The van der Waals surface area contributed by atoms with E-state index in [9.17, 15) is 4.79 Å². The minimum Gasteiger partial charge on any atom is -0.385 e. The van der Waals surface area contributed by atoms with Crippen molar-refractivity contribution in [1.82, 2.24) is 4.90 Å². The van der Waals surface area contributed by atoms with E-state index in [0.29, 0.717) is 5.91 Å². The van der Waals surface area contributed by atoms with E-state index in [1.54, 1.807) is 7.11 Å². The van der Waals surface area contributed by atoms with Gasteiger partial charge in [0.25, 0.3) is 0 Å². The summed E-state index contributed by atoms with van der Waals surface area (Å²) in [6.45, 7) is 2.57. The molecule has 64 valence electrons. The zero-order valence-corrected chi connectivity index (χ0v) is 7.01. The molecule has 11 heavy (non-hydrogen) atoms. The molecule has 0 radical (unpaired) electrons. The average molecular weight is 157 g/mol. The number of likely N-dealkylation sites (tertiary alicyclic amines) is 1. The topological polar surface area (TPSA) is 29.5 Å². The van der Waals surface area contributed by atoms with Crippen molar-refractivity contribution in [2.75, 3.05) is 26.8 Å². The van der Waals surface area contributed by atoms with Crippen molar-refractivity contribution in [3.8, 4) is 0 Å². The lowest BCUT2D eigenvalue weighted by atomic mass is 10.4. The van der Waals surface area contributed by atoms with Crippen molar-refractivity contribution in [2.45, 2.75) is 19.3 Å². The Morgan fingerprint density at radius 1 is 1.64 bits per heavy atom. The Bertz CT molecular complexity index is 136. The second-order valence-corrected chi connectivity index (χ2v) is 2.83. The summed E-state index contributed by atoms with van der Waals surface area (Å²) in [5.74, 6) is 0.307. The third-order valence-corrected chi connectivity index (χ3v) is 1.95. The van der Waals surface area contributed by atoms with Crippen LogP contribution in [-0.2, 0) is 9.53 Å². The summed E-state index contributed by atoms with van der Waals surface area (Å²) in [5, 5.41) is 0. The molecule has 1 amide bonds. The Hall–Kier alpha value is -0.570. The van der Waals surface area contributed by atoms with Gasteiger partial charge in [-0.15, -0.1) is 0 Å². The van der Waals surface area contributed by atoms with Crippen LogP contribution in [0.5, 0.6) is 0 Å². The first kappa shape index (κ1) is 8.53. The lowest BCUT2D eigenvalue weighted by molar-refractivity contribution is -0.127. The van der Waals surface area contributed by atoms with Crippen LogP contribution in [0.25, 0.3) is 0 Å². The van der Waals surface area contributed by atoms with E-state index in [-0.39, 0.29) is 0 Å². The molecule has 3 heteroatoms. The predicted octanol–water partition coefficient (Wildman–Crippen LogP) is 0.645. The summed E-state index contributed by atoms with van der Waals surface area (Å²) >= 11 is 0. The fraction of sp³-hybridized carbons (Fsp3) is 0.875. The first-order valence-electron chi connectivity index (χ1n) is 4.11. The molecule has 0 aromatic heterocycles. The Labute approximate surface area is 67.3 Å². The van der Waals surface area contributed by atoms with Gasteiger partial charge < -0.3 is 9.64 Å². The van der Waals surface area contributed by atoms with E-state index >= 15 is 0 Å². The highest BCUT2D eigenvalue weighted by Gasteiger charge is 2.18. The van der Waals surface area contributed by atoms with E-state index in [4.69, 9.17) is 4.74 Å². The number of hydrogen-bond acceptors (Lipinski definition) is 2. The summed E-state index contributed by atoms with van der Waals surface area (Å²) in [7, 11) is 1.69. The number of carbonyl (C=O) groups is 1. The second-order valence-electron chi connectivity index (χ2n) is 2.83. The van der Waals surface area contributed by atoms with Crippen LogP contribution in [0.2, 0.25) is 0 Å². The van der Waals surface area contributed by atoms with Crippen LogP contribution in [0.1, 0.15) is 19.3 Å². The maximum atomic E-state index is 11.1.